The van der Waals surface area contributed by atoms with Crippen LogP contribution in [-0.4, -0.2) is 72.9 Å². The molecule has 8 nitrogen and oxygen atoms in total. The minimum Gasteiger partial charge on any atom is -0.486 e. The highest BCUT2D eigenvalue weighted by Gasteiger charge is 2.33. The number of benzene rings is 1. The number of rotatable bonds is 7. The van der Waals surface area contributed by atoms with Crippen molar-refractivity contribution < 1.29 is 19.4 Å². The van der Waals surface area contributed by atoms with Gasteiger partial charge in [-0.05, 0) is 50.0 Å². The Labute approximate surface area is 192 Å². The number of nitrogens with one attached hydrogen (secondary N) is 1. The van der Waals surface area contributed by atoms with Crippen molar-refractivity contribution in [3.8, 4) is 11.5 Å². The third-order valence-electron chi connectivity index (χ3n) is 6.52. The Hall–Kier alpha value is -2.36. The lowest BCUT2D eigenvalue weighted by atomic mass is 9.99. The van der Waals surface area contributed by atoms with E-state index in [2.05, 4.69) is 20.1 Å². The molecule has 2 saturated heterocycles. The van der Waals surface area contributed by atoms with Gasteiger partial charge in [0.05, 0.1) is 12.0 Å². The number of aliphatic hydroxyl groups is 1. The predicted octanol–water partition coefficient (Wildman–Crippen LogP) is 2.05. The van der Waals surface area contributed by atoms with Crippen LogP contribution in [0.15, 0.2) is 29.8 Å². The minimum absolute atomic E-state index is 0.00449. The lowest BCUT2D eigenvalue weighted by Crippen LogP contribution is -2.48. The normalized spacial score (nSPS) is 22.7. The van der Waals surface area contributed by atoms with Gasteiger partial charge in [0.2, 0.25) is 5.91 Å². The first-order chi connectivity index (χ1) is 15.7. The molecule has 1 aromatic heterocycles. The second kappa shape index (κ2) is 9.64. The number of amides is 1. The van der Waals surface area contributed by atoms with Gasteiger partial charge < -0.3 is 29.7 Å². The molecule has 2 aromatic rings. The molecular formula is C23H30N4O4S. The maximum atomic E-state index is 13.2. The van der Waals surface area contributed by atoms with Crippen LogP contribution in [0.1, 0.15) is 30.9 Å². The van der Waals surface area contributed by atoms with E-state index in [4.69, 9.17) is 9.47 Å². The van der Waals surface area contributed by atoms with E-state index in [0.29, 0.717) is 37.8 Å². The molecule has 1 aromatic carbocycles. The van der Waals surface area contributed by atoms with E-state index in [1.807, 2.05) is 23.6 Å². The van der Waals surface area contributed by atoms with E-state index in [-0.39, 0.29) is 11.8 Å². The summed E-state index contributed by atoms with van der Waals surface area (Å²) < 4.78 is 11.3. The summed E-state index contributed by atoms with van der Waals surface area (Å²) in [4.78, 5) is 22.0. The number of carbonyl (C=O) groups is 1. The summed E-state index contributed by atoms with van der Waals surface area (Å²) in [5, 5.41) is 17.4. The maximum Gasteiger partial charge on any atom is 0.225 e. The van der Waals surface area contributed by atoms with E-state index in [9.17, 15) is 9.90 Å². The number of carbonyl (C=O) groups excluding carboxylic acids is 1. The maximum absolute atomic E-state index is 13.2. The van der Waals surface area contributed by atoms with Crippen LogP contribution in [0, 0.1) is 5.92 Å². The number of hydrogen-bond donors (Lipinski definition) is 2. The van der Waals surface area contributed by atoms with Crippen LogP contribution in [-0.2, 0) is 4.79 Å². The molecule has 3 atom stereocenters. The highest BCUT2D eigenvalue weighted by molar-refractivity contribution is 7.13. The number of hydrogen-bond acceptors (Lipinski definition) is 8. The van der Waals surface area contributed by atoms with Gasteiger partial charge in [-0.1, -0.05) is 6.07 Å². The lowest BCUT2D eigenvalue weighted by Gasteiger charge is -2.30. The molecule has 0 radical (unpaired) electrons. The summed E-state index contributed by atoms with van der Waals surface area (Å²) in [5.74, 6) is 1.24. The van der Waals surface area contributed by atoms with Crippen molar-refractivity contribution in [2.75, 3.05) is 50.8 Å². The van der Waals surface area contributed by atoms with Crippen molar-refractivity contribution in [3.05, 3.63) is 35.3 Å². The van der Waals surface area contributed by atoms with Gasteiger partial charge in [-0.25, -0.2) is 4.98 Å². The number of thiazole rings is 1. The predicted molar refractivity (Wildman–Crippen MR) is 122 cm³/mol. The summed E-state index contributed by atoms with van der Waals surface area (Å²) in [5.41, 5.74) is 0.731. The fourth-order valence-corrected chi connectivity index (χ4v) is 5.44. The Bertz CT molecular complexity index is 919. The smallest absolute Gasteiger partial charge is 0.225 e. The summed E-state index contributed by atoms with van der Waals surface area (Å²) in [7, 11) is 0. The Kier molecular flexibility index (Phi) is 6.47. The standard InChI is InChI=1S/C23H30N4O4S/c28-21(16-3-4-19-20(13-16)31-11-10-30-19)18(15-26-7-1-2-8-26)25-22(29)17-5-9-27(14-17)23-24-6-12-32-23/h3-4,6,12-13,17-18,21,28H,1-2,5,7-11,14-15H2,(H,25,29)/t17-,18+,21+/m0/s1. The van der Waals surface area contributed by atoms with Crippen LogP contribution < -0.4 is 19.7 Å². The average molecular weight is 459 g/mol. The molecule has 0 saturated carbocycles. The molecule has 5 rings (SSSR count). The third kappa shape index (κ3) is 4.69. The molecule has 1 amide bonds. The van der Waals surface area contributed by atoms with E-state index in [1.54, 1.807) is 17.5 Å². The fraction of sp³-hybridized carbons (Fsp3) is 0.565. The van der Waals surface area contributed by atoms with Gasteiger partial charge in [0.1, 0.15) is 19.3 Å². The van der Waals surface area contributed by atoms with Crippen molar-refractivity contribution in [1.29, 1.82) is 0 Å². The van der Waals surface area contributed by atoms with Gasteiger partial charge in [0.15, 0.2) is 16.6 Å². The van der Waals surface area contributed by atoms with Gasteiger partial charge in [0, 0.05) is 31.2 Å². The Morgan fingerprint density at radius 2 is 2.03 bits per heavy atom. The summed E-state index contributed by atoms with van der Waals surface area (Å²) in [6.07, 6.45) is 4.08. The molecule has 4 heterocycles. The number of anilines is 1. The summed E-state index contributed by atoms with van der Waals surface area (Å²) >= 11 is 1.60. The SMILES string of the molecule is O=C(N[C@H](CN1CCCC1)[C@H](O)c1ccc2c(c1)OCCO2)[C@H]1CCN(c2nccs2)C1. The molecule has 9 heteroatoms. The van der Waals surface area contributed by atoms with E-state index in [1.165, 1.54) is 0 Å². The Morgan fingerprint density at radius 1 is 1.22 bits per heavy atom. The van der Waals surface area contributed by atoms with Crippen LogP contribution in [0.2, 0.25) is 0 Å². The molecule has 0 bridgehead atoms. The topological polar surface area (TPSA) is 87.2 Å². The van der Waals surface area contributed by atoms with Crippen LogP contribution in [0.4, 0.5) is 5.13 Å². The van der Waals surface area contributed by atoms with Crippen molar-refractivity contribution in [2.24, 2.45) is 5.92 Å². The van der Waals surface area contributed by atoms with E-state index in [0.717, 1.165) is 49.6 Å². The number of nitrogens with zero attached hydrogens (tertiary/aromatic N) is 3. The zero-order valence-electron chi connectivity index (χ0n) is 18.1. The Balaban J connectivity index is 1.29. The van der Waals surface area contributed by atoms with Gasteiger partial charge in [-0.3, -0.25) is 4.79 Å². The molecule has 0 spiro atoms. The van der Waals surface area contributed by atoms with Gasteiger partial charge >= 0.3 is 0 Å². The molecule has 2 fully saturated rings. The number of likely N-dealkylation sites (tertiary alicyclic amines) is 1. The van der Waals surface area contributed by atoms with Gasteiger partial charge in [-0.2, -0.15) is 0 Å². The lowest BCUT2D eigenvalue weighted by molar-refractivity contribution is -0.126. The Morgan fingerprint density at radius 3 is 2.81 bits per heavy atom. The zero-order chi connectivity index (χ0) is 21.9. The van der Waals surface area contributed by atoms with Crippen molar-refractivity contribution in [3.63, 3.8) is 0 Å². The first-order valence-corrected chi connectivity index (χ1v) is 12.3. The molecular weight excluding hydrogens is 428 g/mol. The molecule has 3 aliphatic rings. The second-order valence-electron chi connectivity index (χ2n) is 8.72. The molecule has 2 N–H and O–H groups in total. The first-order valence-electron chi connectivity index (χ1n) is 11.4. The quantitative estimate of drug-likeness (QED) is 0.657. The second-order valence-corrected chi connectivity index (χ2v) is 9.59. The molecule has 172 valence electrons. The van der Waals surface area contributed by atoms with Crippen LogP contribution >= 0.6 is 11.3 Å². The number of aromatic nitrogens is 1. The van der Waals surface area contributed by atoms with E-state index < -0.39 is 12.1 Å². The molecule has 32 heavy (non-hydrogen) atoms. The fourth-order valence-electron chi connectivity index (χ4n) is 4.76. The van der Waals surface area contributed by atoms with Gasteiger partial charge in [0.25, 0.3) is 0 Å². The van der Waals surface area contributed by atoms with Crippen molar-refractivity contribution in [1.82, 2.24) is 15.2 Å². The van der Waals surface area contributed by atoms with Crippen LogP contribution in [0.3, 0.4) is 0 Å². The summed E-state index contributed by atoms with van der Waals surface area (Å²) in [6.45, 7) is 5.15. The minimum atomic E-state index is -0.827. The molecule has 0 unspecified atom stereocenters. The number of ether oxygens (including phenoxy) is 2. The van der Waals surface area contributed by atoms with E-state index >= 15 is 0 Å². The van der Waals surface area contributed by atoms with Crippen LogP contribution in [0.5, 0.6) is 11.5 Å². The monoisotopic (exact) mass is 458 g/mol. The molecule has 0 aliphatic carbocycles. The number of fused-ring (bicyclic) bond motifs is 1. The first kappa shape index (κ1) is 21.5. The average Bonchev–Trinajstić information content (AvgIpc) is 3.60. The zero-order valence-corrected chi connectivity index (χ0v) is 18.9. The highest BCUT2D eigenvalue weighted by Crippen LogP contribution is 2.34. The van der Waals surface area contributed by atoms with Crippen molar-refractivity contribution in [2.45, 2.75) is 31.4 Å². The highest BCUT2D eigenvalue weighted by atomic mass is 32.1. The third-order valence-corrected chi connectivity index (χ3v) is 7.35. The van der Waals surface area contributed by atoms with Crippen molar-refractivity contribution >= 4 is 22.4 Å². The largest absolute Gasteiger partial charge is 0.486 e. The van der Waals surface area contributed by atoms with Gasteiger partial charge in [-0.15, -0.1) is 11.3 Å². The molecule has 3 aliphatic heterocycles. The number of aliphatic hydroxyl groups excluding tert-OH is 1. The van der Waals surface area contributed by atoms with Crippen LogP contribution in [0.25, 0.3) is 0 Å². The summed E-state index contributed by atoms with van der Waals surface area (Å²) in [6, 6.07) is 5.14.